The van der Waals surface area contributed by atoms with Gasteiger partial charge in [0.1, 0.15) is 0 Å². The summed E-state index contributed by atoms with van der Waals surface area (Å²) in [6.45, 7) is 4.90. The van der Waals surface area contributed by atoms with Crippen LogP contribution in [0.4, 0.5) is 4.79 Å². The Balaban J connectivity index is 2.13. The summed E-state index contributed by atoms with van der Waals surface area (Å²) in [4.78, 5) is 26.4. The first kappa shape index (κ1) is 14.8. The molecule has 0 unspecified atom stereocenters. The molecule has 3 amide bonds. The quantitative estimate of drug-likeness (QED) is 0.632. The molecule has 6 nitrogen and oxygen atoms in total. The van der Waals surface area contributed by atoms with Gasteiger partial charge in [0.05, 0.1) is 6.61 Å². The second-order valence-electron chi connectivity index (χ2n) is 4.37. The minimum atomic E-state index is -0.153. The van der Waals surface area contributed by atoms with Gasteiger partial charge in [0, 0.05) is 39.1 Å². The van der Waals surface area contributed by atoms with Crippen molar-refractivity contribution in [2.24, 2.45) is 0 Å². The van der Waals surface area contributed by atoms with Gasteiger partial charge in [0.2, 0.25) is 5.91 Å². The van der Waals surface area contributed by atoms with Gasteiger partial charge in [-0.25, -0.2) is 4.79 Å². The topological polar surface area (TPSA) is 72.9 Å². The molecule has 1 aliphatic rings. The van der Waals surface area contributed by atoms with E-state index in [-0.39, 0.29) is 18.5 Å². The number of hydrogen-bond acceptors (Lipinski definition) is 3. The third-order valence-corrected chi connectivity index (χ3v) is 3.09. The molecular formula is C12H23N3O3. The van der Waals surface area contributed by atoms with Crippen LogP contribution in [0.5, 0.6) is 0 Å². The minimum absolute atomic E-state index is 0.0243. The van der Waals surface area contributed by atoms with Crippen LogP contribution in [0.25, 0.3) is 0 Å². The molecule has 0 bridgehead atoms. The van der Waals surface area contributed by atoms with E-state index in [0.717, 1.165) is 19.4 Å². The van der Waals surface area contributed by atoms with Gasteiger partial charge in [-0.1, -0.05) is 0 Å². The van der Waals surface area contributed by atoms with E-state index in [4.69, 9.17) is 5.11 Å². The van der Waals surface area contributed by atoms with Gasteiger partial charge in [-0.2, -0.15) is 0 Å². The molecule has 18 heavy (non-hydrogen) atoms. The number of likely N-dealkylation sites (tertiary alicyclic amines) is 1. The first-order chi connectivity index (χ1) is 8.69. The number of nitrogens with one attached hydrogen (secondary N) is 1. The van der Waals surface area contributed by atoms with Crippen LogP contribution >= 0.6 is 0 Å². The normalized spacial score (nSPS) is 15.0. The van der Waals surface area contributed by atoms with E-state index < -0.39 is 0 Å². The number of hydrogen-bond donors (Lipinski definition) is 2. The van der Waals surface area contributed by atoms with Gasteiger partial charge in [0.25, 0.3) is 0 Å². The SMILES string of the molecule is CCN(CCO)C(=O)NCCCN1CCCC1=O. The lowest BCUT2D eigenvalue weighted by molar-refractivity contribution is -0.127. The predicted molar refractivity (Wildman–Crippen MR) is 68.2 cm³/mol. The molecule has 0 atom stereocenters. The molecule has 1 rings (SSSR count). The zero-order valence-electron chi connectivity index (χ0n) is 11.0. The summed E-state index contributed by atoms with van der Waals surface area (Å²) in [5.41, 5.74) is 0. The summed E-state index contributed by atoms with van der Waals surface area (Å²) in [7, 11) is 0. The summed E-state index contributed by atoms with van der Waals surface area (Å²) in [6.07, 6.45) is 2.38. The van der Waals surface area contributed by atoms with Crippen LogP contribution in [0.15, 0.2) is 0 Å². The maximum atomic E-state index is 11.6. The Labute approximate surface area is 108 Å². The van der Waals surface area contributed by atoms with Crippen molar-refractivity contribution in [3.63, 3.8) is 0 Å². The molecule has 6 heteroatoms. The highest BCUT2D eigenvalue weighted by molar-refractivity contribution is 5.78. The molecule has 104 valence electrons. The summed E-state index contributed by atoms with van der Waals surface area (Å²) < 4.78 is 0. The van der Waals surface area contributed by atoms with Crippen molar-refractivity contribution >= 4 is 11.9 Å². The van der Waals surface area contributed by atoms with E-state index in [9.17, 15) is 9.59 Å². The highest BCUT2D eigenvalue weighted by Crippen LogP contribution is 2.09. The number of likely N-dealkylation sites (N-methyl/N-ethyl adjacent to an activating group) is 1. The van der Waals surface area contributed by atoms with Gasteiger partial charge in [0.15, 0.2) is 0 Å². The smallest absolute Gasteiger partial charge is 0.317 e. The first-order valence-electron chi connectivity index (χ1n) is 6.60. The van der Waals surface area contributed by atoms with Crippen LogP contribution in [-0.2, 0) is 4.79 Å². The zero-order chi connectivity index (χ0) is 13.4. The Bertz CT molecular complexity index is 284. The number of aliphatic hydroxyl groups excluding tert-OH is 1. The number of aliphatic hydroxyl groups is 1. The van der Waals surface area contributed by atoms with Crippen molar-refractivity contribution in [3.8, 4) is 0 Å². The van der Waals surface area contributed by atoms with Gasteiger partial charge in [-0.05, 0) is 19.8 Å². The number of amides is 3. The van der Waals surface area contributed by atoms with Crippen molar-refractivity contribution in [3.05, 3.63) is 0 Å². The molecule has 0 aromatic rings. The van der Waals surface area contributed by atoms with E-state index in [1.54, 1.807) is 4.90 Å². The molecule has 2 N–H and O–H groups in total. The van der Waals surface area contributed by atoms with Crippen molar-refractivity contribution in [1.29, 1.82) is 0 Å². The lowest BCUT2D eigenvalue weighted by Gasteiger charge is -2.21. The molecule has 1 fully saturated rings. The average molecular weight is 257 g/mol. The lowest BCUT2D eigenvalue weighted by atomic mass is 10.4. The van der Waals surface area contributed by atoms with Crippen molar-refractivity contribution in [2.75, 3.05) is 39.3 Å². The molecule has 1 saturated heterocycles. The summed E-state index contributed by atoms with van der Waals surface area (Å²) >= 11 is 0. The number of nitrogens with zero attached hydrogens (tertiary/aromatic N) is 2. The van der Waals surface area contributed by atoms with Crippen LogP contribution < -0.4 is 5.32 Å². The third kappa shape index (κ3) is 4.52. The lowest BCUT2D eigenvalue weighted by Crippen LogP contribution is -2.42. The van der Waals surface area contributed by atoms with E-state index in [1.807, 2.05) is 11.8 Å². The van der Waals surface area contributed by atoms with E-state index in [2.05, 4.69) is 5.32 Å². The van der Waals surface area contributed by atoms with Crippen molar-refractivity contribution < 1.29 is 14.7 Å². The fourth-order valence-electron chi connectivity index (χ4n) is 2.04. The number of carbonyl (C=O) groups is 2. The largest absolute Gasteiger partial charge is 0.395 e. The molecule has 0 aliphatic carbocycles. The maximum Gasteiger partial charge on any atom is 0.317 e. The first-order valence-corrected chi connectivity index (χ1v) is 6.60. The molecule has 0 spiro atoms. The highest BCUT2D eigenvalue weighted by Gasteiger charge is 2.19. The maximum absolute atomic E-state index is 11.6. The number of urea groups is 1. The molecular weight excluding hydrogens is 234 g/mol. The van der Waals surface area contributed by atoms with Gasteiger partial charge in [-0.15, -0.1) is 0 Å². The fourth-order valence-corrected chi connectivity index (χ4v) is 2.04. The van der Waals surface area contributed by atoms with Crippen molar-refractivity contribution in [1.82, 2.24) is 15.1 Å². The Morgan fingerprint density at radius 3 is 2.89 bits per heavy atom. The Kier molecular flexibility index (Phi) is 6.49. The predicted octanol–water partition coefficient (Wildman–Crippen LogP) is 0.0227. The Morgan fingerprint density at radius 2 is 2.33 bits per heavy atom. The molecule has 1 aliphatic heterocycles. The van der Waals surface area contributed by atoms with Crippen LogP contribution in [0, 0.1) is 0 Å². The second-order valence-corrected chi connectivity index (χ2v) is 4.37. The zero-order valence-corrected chi connectivity index (χ0v) is 11.0. The van der Waals surface area contributed by atoms with E-state index in [0.29, 0.717) is 32.6 Å². The fraction of sp³-hybridized carbons (Fsp3) is 0.833. The van der Waals surface area contributed by atoms with Gasteiger partial charge >= 0.3 is 6.03 Å². The second kappa shape index (κ2) is 7.92. The van der Waals surface area contributed by atoms with Crippen molar-refractivity contribution in [2.45, 2.75) is 26.2 Å². The average Bonchev–Trinajstić information content (AvgIpc) is 2.77. The molecule has 0 aromatic heterocycles. The van der Waals surface area contributed by atoms with E-state index >= 15 is 0 Å². The van der Waals surface area contributed by atoms with Crippen LogP contribution in [-0.4, -0.2) is 66.2 Å². The molecule has 1 heterocycles. The molecule has 0 saturated carbocycles. The van der Waals surface area contributed by atoms with Crippen LogP contribution in [0.2, 0.25) is 0 Å². The van der Waals surface area contributed by atoms with Crippen LogP contribution in [0.1, 0.15) is 26.2 Å². The van der Waals surface area contributed by atoms with E-state index in [1.165, 1.54) is 0 Å². The summed E-state index contributed by atoms with van der Waals surface area (Å²) in [5.74, 6) is 0.219. The summed E-state index contributed by atoms with van der Waals surface area (Å²) in [5, 5.41) is 11.6. The van der Waals surface area contributed by atoms with Gasteiger partial charge < -0.3 is 20.2 Å². The summed E-state index contributed by atoms with van der Waals surface area (Å²) in [6, 6.07) is -0.153. The standard InChI is InChI=1S/C12H23N3O3/c1-2-14(9-10-16)12(18)13-6-4-8-15-7-3-5-11(15)17/h16H,2-10H2,1H3,(H,13,18). The minimum Gasteiger partial charge on any atom is -0.395 e. The number of rotatable bonds is 7. The Hall–Kier alpha value is -1.30. The molecule has 0 radical (unpaired) electrons. The van der Waals surface area contributed by atoms with Gasteiger partial charge in [-0.3, -0.25) is 4.79 Å². The highest BCUT2D eigenvalue weighted by atomic mass is 16.3. The molecule has 0 aromatic carbocycles. The van der Waals surface area contributed by atoms with Crippen LogP contribution in [0.3, 0.4) is 0 Å². The Morgan fingerprint density at radius 1 is 1.56 bits per heavy atom. The monoisotopic (exact) mass is 257 g/mol. The number of carbonyl (C=O) groups excluding carboxylic acids is 2. The third-order valence-electron chi connectivity index (χ3n) is 3.09.